The van der Waals surface area contributed by atoms with Crippen molar-refractivity contribution in [3.8, 4) is 0 Å². The maximum Gasteiger partial charge on any atom is 0.152 e. The summed E-state index contributed by atoms with van der Waals surface area (Å²) in [4.78, 5) is 14.1. The second-order valence-electron chi connectivity index (χ2n) is 5.64. The minimum Gasteiger partial charge on any atom is -0.347 e. The minimum absolute atomic E-state index is 0.754. The van der Waals surface area contributed by atoms with Crippen LogP contribution in [0.3, 0.4) is 0 Å². The number of hydrogen-bond acceptors (Lipinski definition) is 6. The summed E-state index contributed by atoms with van der Waals surface area (Å²) in [6.45, 7) is 6.76. The zero-order valence-electron chi connectivity index (χ0n) is 12.8. The van der Waals surface area contributed by atoms with Gasteiger partial charge in [0.15, 0.2) is 5.82 Å². The van der Waals surface area contributed by atoms with Gasteiger partial charge in [0.1, 0.15) is 22.8 Å². The Balaban J connectivity index is 1.77. The van der Waals surface area contributed by atoms with Gasteiger partial charge < -0.3 is 9.47 Å². The monoisotopic (exact) mass is 314 g/mol. The van der Waals surface area contributed by atoms with Crippen LogP contribution in [-0.4, -0.2) is 31.3 Å². The lowest BCUT2D eigenvalue weighted by atomic mass is 10.2. The van der Waals surface area contributed by atoms with Gasteiger partial charge in [0.05, 0.1) is 11.9 Å². The van der Waals surface area contributed by atoms with Gasteiger partial charge in [-0.15, -0.1) is 21.5 Å². The summed E-state index contributed by atoms with van der Waals surface area (Å²) < 4.78 is 2.11. The maximum absolute atomic E-state index is 4.72. The molecular formula is C15H18N6S. The first-order chi connectivity index (χ1) is 10.7. The molecule has 0 radical (unpaired) electrons. The van der Waals surface area contributed by atoms with Gasteiger partial charge in [-0.3, -0.25) is 0 Å². The summed E-state index contributed by atoms with van der Waals surface area (Å²) in [5, 5.41) is 9.37. The van der Waals surface area contributed by atoms with Crippen LogP contribution in [0.2, 0.25) is 0 Å². The fraction of sp³-hybridized carbons (Fsp3) is 0.467. The number of fused-ring (bicyclic) bond motifs is 2. The van der Waals surface area contributed by atoms with Gasteiger partial charge in [0.25, 0.3) is 0 Å². The first-order valence-electron chi connectivity index (χ1n) is 7.63. The maximum atomic E-state index is 4.72. The molecule has 7 heteroatoms. The summed E-state index contributed by atoms with van der Waals surface area (Å²) in [5.74, 6) is 2.87. The van der Waals surface area contributed by atoms with Crippen LogP contribution >= 0.6 is 11.3 Å². The van der Waals surface area contributed by atoms with Crippen molar-refractivity contribution < 1.29 is 0 Å². The summed E-state index contributed by atoms with van der Waals surface area (Å²) in [5.41, 5.74) is 0. The lowest BCUT2D eigenvalue weighted by molar-refractivity contribution is 0.557. The Morgan fingerprint density at radius 3 is 3.05 bits per heavy atom. The molecule has 0 atom stereocenters. The zero-order valence-corrected chi connectivity index (χ0v) is 13.6. The van der Waals surface area contributed by atoms with Gasteiger partial charge in [-0.1, -0.05) is 13.3 Å². The van der Waals surface area contributed by atoms with Crippen molar-refractivity contribution >= 4 is 27.4 Å². The van der Waals surface area contributed by atoms with Crippen LogP contribution in [0.5, 0.6) is 0 Å². The molecule has 0 unspecified atom stereocenters. The highest BCUT2D eigenvalue weighted by Crippen LogP contribution is 2.32. The molecule has 3 aromatic rings. The van der Waals surface area contributed by atoms with E-state index in [1.807, 2.05) is 6.92 Å². The van der Waals surface area contributed by atoms with Crippen molar-refractivity contribution in [3.05, 3.63) is 28.9 Å². The Bertz CT molecular complexity index is 821. The smallest absolute Gasteiger partial charge is 0.152 e. The van der Waals surface area contributed by atoms with E-state index in [4.69, 9.17) is 4.98 Å². The molecule has 0 saturated heterocycles. The summed E-state index contributed by atoms with van der Waals surface area (Å²) in [7, 11) is 0. The molecule has 0 aliphatic carbocycles. The SMILES string of the molecule is CCCc1cc2c(N3CCn4cnnc4C3)nc(C)nc2s1. The molecule has 22 heavy (non-hydrogen) atoms. The number of rotatable bonds is 3. The van der Waals surface area contributed by atoms with Gasteiger partial charge in [-0.2, -0.15) is 0 Å². The van der Waals surface area contributed by atoms with Crippen molar-refractivity contribution in [1.82, 2.24) is 24.7 Å². The molecule has 114 valence electrons. The van der Waals surface area contributed by atoms with Gasteiger partial charge in [-0.05, 0) is 19.4 Å². The van der Waals surface area contributed by atoms with Crippen LogP contribution in [0.15, 0.2) is 12.4 Å². The molecule has 0 N–H and O–H groups in total. The van der Waals surface area contributed by atoms with E-state index in [-0.39, 0.29) is 0 Å². The molecule has 3 aromatic heterocycles. The highest BCUT2D eigenvalue weighted by Gasteiger charge is 2.22. The van der Waals surface area contributed by atoms with Crippen molar-refractivity contribution in [1.29, 1.82) is 0 Å². The molecule has 0 fully saturated rings. The number of hydrogen-bond donors (Lipinski definition) is 0. The Morgan fingerprint density at radius 2 is 2.18 bits per heavy atom. The van der Waals surface area contributed by atoms with Gasteiger partial charge >= 0.3 is 0 Å². The van der Waals surface area contributed by atoms with E-state index in [9.17, 15) is 0 Å². The minimum atomic E-state index is 0.754. The third-order valence-corrected chi connectivity index (χ3v) is 5.06. The highest BCUT2D eigenvalue weighted by molar-refractivity contribution is 7.18. The van der Waals surface area contributed by atoms with Gasteiger partial charge in [-0.25, -0.2) is 9.97 Å². The van der Waals surface area contributed by atoms with Crippen LogP contribution in [0.1, 0.15) is 29.9 Å². The molecule has 1 aliphatic heterocycles. The van der Waals surface area contributed by atoms with E-state index >= 15 is 0 Å². The second-order valence-corrected chi connectivity index (χ2v) is 6.75. The van der Waals surface area contributed by atoms with Crippen molar-refractivity contribution in [2.45, 2.75) is 39.8 Å². The lowest BCUT2D eigenvalue weighted by Crippen LogP contribution is -2.34. The molecule has 4 heterocycles. The van der Waals surface area contributed by atoms with Crippen LogP contribution in [0.4, 0.5) is 5.82 Å². The fourth-order valence-electron chi connectivity index (χ4n) is 2.92. The van der Waals surface area contributed by atoms with E-state index in [2.05, 4.69) is 37.6 Å². The summed E-state index contributed by atoms with van der Waals surface area (Å²) >= 11 is 1.79. The molecule has 0 saturated carbocycles. The number of anilines is 1. The molecule has 0 bridgehead atoms. The van der Waals surface area contributed by atoms with Crippen LogP contribution in [0.25, 0.3) is 10.2 Å². The molecule has 0 spiro atoms. The number of aryl methyl sites for hydroxylation is 2. The number of nitrogens with zero attached hydrogens (tertiary/aromatic N) is 6. The first kappa shape index (κ1) is 13.6. The standard InChI is InChI=1S/C15H18N6S/c1-3-4-11-7-12-14(17-10(2)18-15(12)22-11)20-5-6-21-9-16-19-13(21)8-20/h7,9H,3-6,8H2,1-2H3. The first-order valence-corrected chi connectivity index (χ1v) is 8.45. The van der Waals surface area contributed by atoms with Gasteiger partial charge in [0.2, 0.25) is 0 Å². The summed E-state index contributed by atoms with van der Waals surface area (Å²) in [6, 6.07) is 2.26. The molecular weight excluding hydrogens is 296 g/mol. The van der Waals surface area contributed by atoms with Crippen LogP contribution in [-0.2, 0) is 19.5 Å². The Hall–Kier alpha value is -2.02. The van der Waals surface area contributed by atoms with E-state index in [0.717, 1.165) is 54.8 Å². The molecule has 0 aromatic carbocycles. The molecule has 1 aliphatic rings. The van der Waals surface area contributed by atoms with Crippen molar-refractivity contribution in [3.63, 3.8) is 0 Å². The summed E-state index contributed by atoms with van der Waals surface area (Å²) in [6.07, 6.45) is 4.06. The second kappa shape index (κ2) is 5.31. The normalized spacial score (nSPS) is 14.5. The Kier molecular flexibility index (Phi) is 3.29. The van der Waals surface area contributed by atoms with Crippen molar-refractivity contribution in [2.75, 3.05) is 11.4 Å². The topological polar surface area (TPSA) is 59.7 Å². The molecule has 0 amide bonds. The van der Waals surface area contributed by atoms with E-state index in [1.54, 1.807) is 17.7 Å². The van der Waals surface area contributed by atoms with E-state index in [1.165, 1.54) is 10.3 Å². The quantitative estimate of drug-likeness (QED) is 0.743. The Labute approximate surface area is 132 Å². The third kappa shape index (κ3) is 2.25. The average molecular weight is 314 g/mol. The average Bonchev–Trinajstić information content (AvgIpc) is 3.11. The van der Waals surface area contributed by atoms with Crippen molar-refractivity contribution in [2.24, 2.45) is 0 Å². The molecule has 4 rings (SSSR count). The predicted molar refractivity (Wildman–Crippen MR) is 87.2 cm³/mol. The van der Waals surface area contributed by atoms with E-state index in [0.29, 0.717) is 0 Å². The highest BCUT2D eigenvalue weighted by atomic mass is 32.1. The third-order valence-electron chi connectivity index (χ3n) is 3.97. The number of aromatic nitrogens is 5. The Morgan fingerprint density at radius 1 is 1.27 bits per heavy atom. The molecule has 6 nitrogen and oxygen atoms in total. The number of thiophene rings is 1. The van der Waals surface area contributed by atoms with E-state index < -0.39 is 0 Å². The zero-order chi connectivity index (χ0) is 15.1. The fourth-order valence-corrected chi connectivity index (χ4v) is 4.09. The largest absolute Gasteiger partial charge is 0.347 e. The van der Waals surface area contributed by atoms with Gasteiger partial charge in [0, 0.05) is 18.0 Å². The lowest BCUT2D eigenvalue weighted by Gasteiger charge is -2.28. The predicted octanol–water partition coefficient (Wildman–Crippen LogP) is 2.56. The van der Waals surface area contributed by atoms with Crippen LogP contribution < -0.4 is 4.90 Å². The van der Waals surface area contributed by atoms with Crippen LogP contribution in [0, 0.1) is 6.92 Å².